The minimum Gasteiger partial charge on any atom is -0.491 e. The molecule has 0 bridgehead atoms. The van der Waals surface area contributed by atoms with E-state index < -0.39 is 0 Å². The predicted molar refractivity (Wildman–Crippen MR) is 98.0 cm³/mol. The number of hydrogen-bond donors (Lipinski definition) is 1. The van der Waals surface area contributed by atoms with Crippen molar-refractivity contribution in [3.8, 4) is 5.75 Å². The summed E-state index contributed by atoms with van der Waals surface area (Å²) in [5.41, 5.74) is 5.55. The zero-order valence-electron chi connectivity index (χ0n) is 14.0. The standard InChI is InChI=1S/C19H20N2O2S/c1-12-5-4-6-13(2)18(12)23-10-14(3)21-19(22)15-7-8-16-17(9-15)24-11-20-16/h4-9,11,14H,10H2,1-3H3,(H,21,22). The van der Waals surface area contributed by atoms with E-state index >= 15 is 0 Å². The lowest BCUT2D eigenvalue weighted by molar-refractivity contribution is 0.0926. The zero-order valence-corrected chi connectivity index (χ0v) is 14.8. The van der Waals surface area contributed by atoms with Crippen molar-refractivity contribution in [1.29, 1.82) is 0 Å². The maximum Gasteiger partial charge on any atom is 0.251 e. The van der Waals surface area contributed by atoms with E-state index in [4.69, 9.17) is 4.74 Å². The van der Waals surface area contributed by atoms with Crippen molar-refractivity contribution in [2.75, 3.05) is 6.61 Å². The van der Waals surface area contributed by atoms with Gasteiger partial charge >= 0.3 is 0 Å². The minimum atomic E-state index is -0.0945. The van der Waals surface area contributed by atoms with Crippen LogP contribution in [-0.2, 0) is 0 Å². The van der Waals surface area contributed by atoms with E-state index in [2.05, 4.69) is 10.3 Å². The highest BCUT2D eigenvalue weighted by molar-refractivity contribution is 7.16. The molecule has 0 saturated carbocycles. The van der Waals surface area contributed by atoms with Crippen molar-refractivity contribution in [3.63, 3.8) is 0 Å². The van der Waals surface area contributed by atoms with Gasteiger partial charge in [0.15, 0.2) is 0 Å². The highest BCUT2D eigenvalue weighted by Gasteiger charge is 2.12. The van der Waals surface area contributed by atoms with Crippen LogP contribution in [0.25, 0.3) is 10.2 Å². The van der Waals surface area contributed by atoms with Crippen LogP contribution in [0.1, 0.15) is 28.4 Å². The second-order valence-electron chi connectivity index (χ2n) is 5.94. The number of carbonyl (C=O) groups excluding carboxylic acids is 1. The first-order valence-electron chi connectivity index (χ1n) is 7.87. The Bertz CT molecular complexity index is 852. The van der Waals surface area contributed by atoms with Gasteiger partial charge in [-0.15, -0.1) is 11.3 Å². The summed E-state index contributed by atoms with van der Waals surface area (Å²) in [6.07, 6.45) is 0. The molecule has 0 fully saturated rings. The Hall–Kier alpha value is -2.40. The summed E-state index contributed by atoms with van der Waals surface area (Å²) in [4.78, 5) is 16.6. The number of aromatic nitrogens is 1. The van der Waals surface area contributed by atoms with Crippen molar-refractivity contribution in [2.45, 2.75) is 26.8 Å². The number of para-hydroxylation sites is 1. The Balaban J connectivity index is 1.61. The van der Waals surface area contributed by atoms with Crippen molar-refractivity contribution in [1.82, 2.24) is 10.3 Å². The van der Waals surface area contributed by atoms with Crippen molar-refractivity contribution in [2.24, 2.45) is 0 Å². The molecule has 1 N–H and O–H groups in total. The van der Waals surface area contributed by atoms with Crippen LogP contribution in [0.2, 0.25) is 0 Å². The summed E-state index contributed by atoms with van der Waals surface area (Å²) in [5, 5.41) is 2.98. The SMILES string of the molecule is Cc1cccc(C)c1OCC(C)NC(=O)c1ccc2ncsc2c1. The van der Waals surface area contributed by atoms with Crippen LogP contribution >= 0.6 is 11.3 Å². The fourth-order valence-corrected chi connectivity index (χ4v) is 3.30. The predicted octanol–water partition coefficient (Wildman–Crippen LogP) is 4.11. The van der Waals surface area contributed by atoms with E-state index in [1.165, 1.54) is 11.3 Å². The summed E-state index contributed by atoms with van der Waals surface area (Å²) in [6, 6.07) is 11.5. The molecular formula is C19H20N2O2S. The Morgan fingerprint density at radius 1 is 1.25 bits per heavy atom. The lowest BCUT2D eigenvalue weighted by Gasteiger charge is -2.17. The summed E-state index contributed by atoms with van der Waals surface area (Å²) >= 11 is 1.53. The number of aryl methyl sites for hydroxylation is 2. The summed E-state index contributed by atoms with van der Waals surface area (Å²) < 4.78 is 6.92. The van der Waals surface area contributed by atoms with Crippen molar-refractivity contribution < 1.29 is 9.53 Å². The maximum atomic E-state index is 12.4. The lowest BCUT2D eigenvalue weighted by atomic mass is 10.1. The van der Waals surface area contributed by atoms with Gasteiger partial charge in [0.05, 0.1) is 21.8 Å². The number of ether oxygens (including phenoxy) is 1. The monoisotopic (exact) mass is 340 g/mol. The van der Waals surface area contributed by atoms with Crippen molar-refractivity contribution >= 4 is 27.5 Å². The third kappa shape index (κ3) is 3.57. The number of amides is 1. The highest BCUT2D eigenvalue weighted by atomic mass is 32.1. The Morgan fingerprint density at radius 3 is 2.75 bits per heavy atom. The molecule has 0 aliphatic rings. The van der Waals surface area contributed by atoms with Gasteiger partial charge in [0.2, 0.25) is 0 Å². The first-order chi connectivity index (χ1) is 11.5. The fraction of sp³-hybridized carbons (Fsp3) is 0.263. The van der Waals surface area contributed by atoms with E-state index in [0.29, 0.717) is 12.2 Å². The maximum absolute atomic E-state index is 12.4. The number of nitrogens with zero attached hydrogens (tertiary/aromatic N) is 1. The molecule has 0 saturated heterocycles. The van der Waals surface area contributed by atoms with E-state index in [0.717, 1.165) is 27.1 Å². The summed E-state index contributed by atoms with van der Waals surface area (Å²) in [5.74, 6) is 0.799. The number of carbonyl (C=O) groups is 1. The fourth-order valence-electron chi connectivity index (χ4n) is 2.58. The molecule has 5 heteroatoms. The van der Waals surface area contributed by atoms with E-state index in [1.54, 1.807) is 11.6 Å². The van der Waals surface area contributed by atoms with Crippen LogP contribution in [0.15, 0.2) is 41.9 Å². The molecule has 24 heavy (non-hydrogen) atoms. The molecule has 1 atom stereocenters. The van der Waals surface area contributed by atoms with E-state index in [9.17, 15) is 4.79 Å². The second kappa shape index (κ2) is 7.01. The van der Waals surface area contributed by atoms with Gasteiger partial charge in [0.25, 0.3) is 5.91 Å². The third-order valence-electron chi connectivity index (χ3n) is 3.86. The zero-order chi connectivity index (χ0) is 17.1. The lowest BCUT2D eigenvalue weighted by Crippen LogP contribution is -2.36. The Labute approximate surface area is 145 Å². The smallest absolute Gasteiger partial charge is 0.251 e. The van der Waals surface area contributed by atoms with Gasteiger partial charge in [-0.1, -0.05) is 18.2 Å². The van der Waals surface area contributed by atoms with Gasteiger partial charge in [0, 0.05) is 5.56 Å². The molecule has 4 nitrogen and oxygen atoms in total. The van der Waals surface area contributed by atoms with Gasteiger partial charge in [-0.05, 0) is 50.1 Å². The molecule has 3 aromatic rings. The number of rotatable bonds is 5. The number of benzene rings is 2. The van der Waals surface area contributed by atoms with Gasteiger partial charge in [-0.3, -0.25) is 4.79 Å². The average molecular weight is 340 g/mol. The third-order valence-corrected chi connectivity index (χ3v) is 4.65. The molecule has 1 unspecified atom stereocenters. The highest BCUT2D eigenvalue weighted by Crippen LogP contribution is 2.22. The minimum absolute atomic E-state index is 0.0892. The second-order valence-corrected chi connectivity index (χ2v) is 6.83. The first kappa shape index (κ1) is 16.5. The largest absolute Gasteiger partial charge is 0.491 e. The van der Waals surface area contributed by atoms with Gasteiger partial charge in [-0.2, -0.15) is 0 Å². The number of thiazole rings is 1. The molecule has 0 spiro atoms. The van der Waals surface area contributed by atoms with E-state index in [1.807, 2.05) is 51.1 Å². The van der Waals surface area contributed by atoms with Crippen LogP contribution in [0, 0.1) is 13.8 Å². The first-order valence-corrected chi connectivity index (χ1v) is 8.75. The van der Waals surface area contributed by atoms with E-state index in [-0.39, 0.29) is 11.9 Å². The van der Waals surface area contributed by atoms with Crippen molar-refractivity contribution in [3.05, 3.63) is 58.6 Å². The quantitative estimate of drug-likeness (QED) is 0.760. The molecule has 0 radical (unpaired) electrons. The van der Waals surface area contributed by atoms with Gasteiger partial charge in [-0.25, -0.2) is 4.98 Å². The molecule has 0 aliphatic carbocycles. The normalized spacial score (nSPS) is 12.1. The van der Waals surface area contributed by atoms with Crippen LogP contribution < -0.4 is 10.1 Å². The molecule has 124 valence electrons. The molecule has 3 rings (SSSR count). The average Bonchev–Trinajstić information content (AvgIpc) is 3.01. The van der Waals surface area contributed by atoms with Gasteiger partial charge < -0.3 is 10.1 Å². The molecule has 0 aliphatic heterocycles. The summed E-state index contributed by atoms with van der Waals surface area (Å²) in [6.45, 7) is 6.42. The van der Waals surface area contributed by atoms with Gasteiger partial charge in [0.1, 0.15) is 12.4 Å². The molecule has 1 heterocycles. The number of fused-ring (bicyclic) bond motifs is 1. The number of nitrogens with one attached hydrogen (secondary N) is 1. The molecular weight excluding hydrogens is 320 g/mol. The summed E-state index contributed by atoms with van der Waals surface area (Å²) in [7, 11) is 0. The Kier molecular flexibility index (Phi) is 4.81. The molecule has 2 aromatic carbocycles. The molecule has 1 amide bonds. The van der Waals surface area contributed by atoms with Crippen LogP contribution in [0.4, 0.5) is 0 Å². The Morgan fingerprint density at radius 2 is 2.00 bits per heavy atom. The number of hydrogen-bond acceptors (Lipinski definition) is 4. The van der Waals surface area contributed by atoms with Crippen LogP contribution in [0.5, 0.6) is 5.75 Å². The van der Waals surface area contributed by atoms with Crippen LogP contribution in [-0.4, -0.2) is 23.5 Å². The topological polar surface area (TPSA) is 51.2 Å². The van der Waals surface area contributed by atoms with Crippen LogP contribution in [0.3, 0.4) is 0 Å². The molecule has 1 aromatic heterocycles.